The van der Waals surface area contributed by atoms with Crippen LogP contribution in [0.15, 0.2) is 24.3 Å². The number of para-hydroxylation sites is 1. The Morgan fingerprint density at radius 3 is 2.58 bits per heavy atom. The predicted molar refractivity (Wildman–Crippen MR) is 82.6 cm³/mol. The van der Waals surface area contributed by atoms with Crippen LogP contribution in [-0.4, -0.2) is 12.6 Å². The Bertz CT molecular complexity index is 349. The van der Waals surface area contributed by atoms with Crippen molar-refractivity contribution in [2.24, 2.45) is 11.7 Å². The van der Waals surface area contributed by atoms with E-state index in [-0.39, 0.29) is 6.04 Å². The molecule has 2 unspecified atom stereocenters. The fourth-order valence-corrected chi connectivity index (χ4v) is 2.27. The highest BCUT2D eigenvalue weighted by atomic mass is 16.5. The molecule has 2 heteroatoms. The van der Waals surface area contributed by atoms with Gasteiger partial charge in [-0.2, -0.15) is 0 Å². The SMILES string of the molecule is CCCCC(CC)COc1ccccc1CC(C)N. The van der Waals surface area contributed by atoms with E-state index in [1.54, 1.807) is 0 Å². The average molecular weight is 263 g/mol. The first-order valence-corrected chi connectivity index (χ1v) is 7.63. The normalized spacial score (nSPS) is 14.1. The smallest absolute Gasteiger partial charge is 0.122 e. The highest BCUT2D eigenvalue weighted by molar-refractivity contribution is 5.33. The Labute approximate surface area is 118 Å². The first kappa shape index (κ1) is 16.0. The summed E-state index contributed by atoms with van der Waals surface area (Å²) in [4.78, 5) is 0. The van der Waals surface area contributed by atoms with Crippen LogP contribution < -0.4 is 10.5 Å². The molecule has 0 amide bonds. The van der Waals surface area contributed by atoms with Crippen molar-refractivity contribution in [2.45, 2.75) is 58.9 Å². The van der Waals surface area contributed by atoms with Gasteiger partial charge in [0, 0.05) is 6.04 Å². The Morgan fingerprint density at radius 1 is 1.21 bits per heavy atom. The van der Waals surface area contributed by atoms with E-state index in [2.05, 4.69) is 32.0 Å². The largest absolute Gasteiger partial charge is 0.493 e. The zero-order valence-corrected chi connectivity index (χ0v) is 12.7. The summed E-state index contributed by atoms with van der Waals surface area (Å²) in [6.07, 6.45) is 5.89. The van der Waals surface area contributed by atoms with Gasteiger partial charge < -0.3 is 10.5 Å². The number of hydrogen-bond acceptors (Lipinski definition) is 2. The fourth-order valence-electron chi connectivity index (χ4n) is 2.27. The standard InChI is InChI=1S/C17H29NO/c1-4-6-9-15(5-2)13-19-17-11-8-7-10-16(17)12-14(3)18/h7-8,10-11,14-15H,4-6,9,12-13,18H2,1-3H3. The molecule has 108 valence electrons. The predicted octanol–water partition coefficient (Wildman–Crippen LogP) is 4.17. The van der Waals surface area contributed by atoms with Gasteiger partial charge in [-0.25, -0.2) is 0 Å². The van der Waals surface area contributed by atoms with Crippen LogP contribution in [0.5, 0.6) is 5.75 Å². The maximum absolute atomic E-state index is 6.03. The Kier molecular flexibility index (Phi) is 7.57. The summed E-state index contributed by atoms with van der Waals surface area (Å²) in [5.41, 5.74) is 7.11. The molecule has 1 aromatic carbocycles. The summed E-state index contributed by atoms with van der Waals surface area (Å²) in [7, 11) is 0. The number of rotatable bonds is 9. The number of benzene rings is 1. The second-order valence-electron chi connectivity index (χ2n) is 5.52. The Balaban J connectivity index is 2.55. The fraction of sp³-hybridized carbons (Fsp3) is 0.647. The zero-order chi connectivity index (χ0) is 14.1. The van der Waals surface area contributed by atoms with Crippen molar-refractivity contribution in [3.8, 4) is 5.75 Å². The molecule has 0 fully saturated rings. The lowest BCUT2D eigenvalue weighted by Gasteiger charge is -2.18. The summed E-state index contributed by atoms with van der Waals surface area (Å²) >= 11 is 0. The monoisotopic (exact) mass is 263 g/mol. The number of nitrogens with two attached hydrogens (primary N) is 1. The molecular weight excluding hydrogens is 234 g/mol. The third-order valence-electron chi connectivity index (χ3n) is 3.53. The van der Waals surface area contributed by atoms with E-state index in [1.165, 1.54) is 31.2 Å². The van der Waals surface area contributed by atoms with E-state index in [1.807, 2.05) is 13.0 Å². The summed E-state index contributed by atoms with van der Waals surface area (Å²) in [6, 6.07) is 8.44. The molecule has 0 saturated heterocycles. The molecule has 19 heavy (non-hydrogen) atoms. The second-order valence-corrected chi connectivity index (χ2v) is 5.52. The van der Waals surface area contributed by atoms with Crippen molar-refractivity contribution >= 4 is 0 Å². The van der Waals surface area contributed by atoms with Crippen LogP contribution in [0.2, 0.25) is 0 Å². The molecule has 1 aromatic rings. The zero-order valence-electron chi connectivity index (χ0n) is 12.7. The molecule has 0 spiro atoms. The summed E-state index contributed by atoms with van der Waals surface area (Å²) in [6.45, 7) is 7.35. The van der Waals surface area contributed by atoms with E-state index in [0.29, 0.717) is 5.92 Å². The van der Waals surface area contributed by atoms with Crippen LogP contribution in [0, 0.1) is 5.92 Å². The van der Waals surface area contributed by atoms with E-state index in [9.17, 15) is 0 Å². The molecule has 2 nitrogen and oxygen atoms in total. The van der Waals surface area contributed by atoms with Crippen LogP contribution >= 0.6 is 0 Å². The van der Waals surface area contributed by atoms with Crippen molar-refractivity contribution < 1.29 is 4.74 Å². The van der Waals surface area contributed by atoms with Crippen LogP contribution in [0.25, 0.3) is 0 Å². The lowest BCUT2D eigenvalue weighted by molar-refractivity contribution is 0.231. The van der Waals surface area contributed by atoms with Gasteiger partial charge in [-0.3, -0.25) is 0 Å². The lowest BCUT2D eigenvalue weighted by atomic mass is 10.0. The van der Waals surface area contributed by atoms with Gasteiger partial charge in [0.15, 0.2) is 0 Å². The molecule has 2 atom stereocenters. The quantitative estimate of drug-likeness (QED) is 0.725. The van der Waals surface area contributed by atoms with Crippen LogP contribution in [-0.2, 0) is 6.42 Å². The molecule has 0 aromatic heterocycles. The third-order valence-corrected chi connectivity index (χ3v) is 3.53. The van der Waals surface area contributed by atoms with Crippen molar-refractivity contribution in [2.75, 3.05) is 6.61 Å². The van der Waals surface area contributed by atoms with Crippen LogP contribution in [0.3, 0.4) is 0 Å². The van der Waals surface area contributed by atoms with Crippen molar-refractivity contribution in [1.82, 2.24) is 0 Å². The maximum atomic E-state index is 6.03. The third kappa shape index (κ3) is 6.11. The van der Waals surface area contributed by atoms with E-state index in [0.717, 1.165) is 18.8 Å². The Morgan fingerprint density at radius 2 is 1.95 bits per heavy atom. The van der Waals surface area contributed by atoms with Gasteiger partial charge in [0.1, 0.15) is 5.75 Å². The minimum Gasteiger partial charge on any atom is -0.493 e. The van der Waals surface area contributed by atoms with Gasteiger partial charge in [0.2, 0.25) is 0 Å². The molecule has 0 saturated carbocycles. The van der Waals surface area contributed by atoms with Crippen molar-refractivity contribution in [3.05, 3.63) is 29.8 Å². The lowest BCUT2D eigenvalue weighted by Crippen LogP contribution is -2.19. The van der Waals surface area contributed by atoms with Crippen molar-refractivity contribution in [1.29, 1.82) is 0 Å². The summed E-state index contributed by atoms with van der Waals surface area (Å²) < 4.78 is 6.03. The molecular formula is C17H29NO. The molecule has 0 aliphatic carbocycles. The Hall–Kier alpha value is -1.02. The number of hydrogen-bond donors (Lipinski definition) is 1. The van der Waals surface area contributed by atoms with Crippen LogP contribution in [0.4, 0.5) is 0 Å². The molecule has 0 aliphatic heterocycles. The number of unbranched alkanes of at least 4 members (excludes halogenated alkanes) is 1. The van der Waals surface area contributed by atoms with Gasteiger partial charge >= 0.3 is 0 Å². The first-order valence-electron chi connectivity index (χ1n) is 7.63. The minimum atomic E-state index is 0.173. The summed E-state index contributed by atoms with van der Waals surface area (Å²) in [5, 5.41) is 0. The molecule has 1 rings (SSSR count). The maximum Gasteiger partial charge on any atom is 0.122 e. The molecule has 2 N–H and O–H groups in total. The average Bonchev–Trinajstić information content (AvgIpc) is 2.40. The van der Waals surface area contributed by atoms with Gasteiger partial charge in [-0.15, -0.1) is 0 Å². The molecule has 0 aliphatic rings. The highest BCUT2D eigenvalue weighted by Crippen LogP contribution is 2.21. The van der Waals surface area contributed by atoms with Crippen LogP contribution in [0.1, 0.15) is 52.0 Å². The topological polar surface area (TPSA) is 35.2 Å². The minimum absolute atomic E-state index is 0.173. The van der Waals surface area contributed by atoms with E-state index >= 15 is 0 Å². The molecule has 0 radical (unpaired) electrons. The van der Waals surface area contributed by atoms with Gasteiger partial charge in [-0.1, -0.05) is 51.3 Å². The van der Waals surface area contributed by atoms with Gasteiger partial charge in [-0.05, 0) is 37.3 Å². The number of ether oxygens (including phenoxy) is 1. The molecule has 0 bridgehead atoms. The van der Waals surface area contributed by atoms with E-state index in [4.69, 9.17) is 10.5 Å². The second kappa shape index (κ2) is 8.98. The highest BCUT2D eigenvalue weighted by Gasteiger charge is 2.09. The van der Waals surface area contributed by atoms with Crippen molar-refractivity contribution in [3.63, 3.8) is 0 Å². The molecule has 0 heterocycles. The van der Waals surface area contributed by atoms with Gasteiger partial charge in [0.05, 0.1) is 6.61 Å². The van der Waals surface area contributed by atoms with Gasteiger partial charge in [0.25, 0.3) is 0 Å². The summed E-state index contributed by atoms with van der Waals surface area (Å²) in [5.74, 6) is 1.68. The first-order chi connectivity index (χ1) is 9.17. The van der Waals surface area contributed by atoms with E-state index < -0.39 is 0 Å².